The van der Waals surface area contributed by atoms with Gasteiger partial charge in [0.05, 0.1) is 14.2 Å². The first-order valence-electron chi connectivity index (χ1n) is 11.0. The zero-order chi connectivity index (χ0) is 25.7. The molecule has 0 spiro atoms. The lowest BCUT2D eigenvalue weighted by atomic mass is 10.1. The van der Waals surface area contributed by atoms with Gasteiger partial charge in [0.2, 0.25) is 0 Å². The van der Waals surface area contributed by atoms with Gasteiger partial charge < -0.3 is 29.3 Å². The number of anilines is 2. The molecule has 9 nitrogen and oxygen atoms in total. The van der Waals surface area contributed by atoms with Crippen LogP contribution in [0.3, 0.4) is 0 Å². The first-order chi connectivity index (χ1) is 17.4. The minimum atomic E-state index is -0.457. The van der Waals surface area contributed by atoms with Crippen LogP contribution in [0.4, 0.5) is 11.4 Å². The van der Waals surface area contributed by atoms with Gasteiger partial charge in [-0.15, -0.1) is 0 Å². The van der Waals surface area contributed by atoms with Crippen molar-refractivity contribution in [3.8, 4) is 17.2 Å². The van der Waals surface area contributed by atoms with Gasteiger partial charge >= 0.3 is 5.63 Å². The Kier molecular flexibility index (Phi) is 7.20. The van der Waals surface area contributed by atoms with E-state index in [-0.39, 0.29) is 12.5 Å². The van der Waals surface area contributed by atoms with E-state index >= 15 is 0 Å². The van der Waals surface area contributed by atoms with E-state index in [2.05, 4.69) is 10.6 Å². The van der Waals surface area contributed by atoms with Crippen molar-refractivity contribution < 1.29 is 28.2 Å². The number of rotatable bonds is 8. The van der Waals surface area contributed by atoms with Gasteiger partial charge in [-0.25, -0.2) is 4.79 Å². The summed E-state index contributed by atoms with van der Waals surface area (Å²) in [6, 6.07) is 18.0. The predicted octanol–water partition coefficient (Wildman–Crippen LogP) is 4.39. The summed E-state index contributed by atoms with van der Waals surface area (Å²) in [5.74, 6) is 0.524. The third kappa shape index (κ3) is 5.64. The molecule has 1 aromatic heterocycles. The number of hydrogen-bond acceptors (Lipinski definition) is 7. The third-order valence-electron chi connectivity index (χ3n) is 5.37. The molecule has 0 fully saturated rings. The number of hydrogen-bond donors (Lipinski definition) is 2. The topological polar surface area (TPSA) is 116 Å². The van der Waals surface area contributed by atoms with Crippen LogP contribution in [-0.4, -0.2) is 32.6 Å². The number of carbonyl (C=O) groups excluding carboxylic acids is 2. The quantitative estimate of drug-likeness (QED) is 0.354. The fraction of sp³-hybridized carbons (Fsp3) is 0.148. The van der Waals surface area contributed by atoms with Crippen LogP contribution in [0.15, 0.2) is 75.9 Å². The van der Waals surface area contributed by atoms with E-state index in [9.17, 15) is 14.4 Å². The Hall–Kier alpha value is -4.79. The lowest BCUT2D eigenvalue weighted by Crippen LogP contribution is -2.20. The van der Waals surface area contributed by atoms with Crippen molar-refractivity contribution in [1.82, 2.24) is 0 Å². The monoisotopic (exact) mass is 488 g/mol. The van der Waals surface area contributed by atoms with Crippen molar-refractivity contribution in [2.45, 2.75) is 6.92 Å². The number of methoxy groups -OCH3 is 2. The minimum absolute atomic E-state index is 0.254. The fourth-order valence-electron chi connectivity index (χ4n) is 3.55. The van der Waals surface area contributed by atoms with Crippen LogP contribution in [0, 0.1) is 6.92 Å². The zero-order valence-corrected chi connectivity index (χ0v) is 19.9. The lowest BCUT2D eigenvalue weighted by molar-refractivity contribution is -0.118. The molecule has 0 atom stereocenters. The molecule has 0 unspecified atom stereocenters. The average molecular weight is 488 g/mol. The number of fused-ring (bicyclic) bond motifs is 1. The molecular weight excluding hydrogens is 464 g/mol. The van der Waals surface area contributed by atoms with E-state index in [0.717, 1.165) is 10.9 Å². The van der Waals surface area contributed by atoms with Crippen molar-refractivity contribution in [3.05, 3.63) is 88.3 Å². The van der Waals surface area contributed by atoms with E-state index in [1.165, 1.54) is 19.2 Å². The molecule has 0 saturated heterocycles. The Bertz CT molecular complexity index is 1480. The number of carbonyl (C=O) groups is 2. The molecule has 0 radical (unpaired) electrons. The molecule has 184 valence electrons. The lowest BCUT2D eigenvalue weighted by Gasteiger charge is -2.13. The summed E-state index contributed by atoms with van der Waals surface area (Å²) in [6.45, 7) is 1.56. The van der Waals surface area contributed by atoms with Gasteiger partial charge in [-0.05, 0) is 67.1 Å². The van der Waals surface area contributed by atoms with Crippen molar-refractivity contribution >= 4 is 34.2 Å². The number of nitrogens with one attached hydrogen (secondary N) is 2. The molecule has 2 N–H and O–H groups in total. The zero-order valence-electron chi connectivity index (χ0n) is 19.9. The van der Waals surface area contributed by atoms with Crippen molar-refractivity contribution in [1.29, 1.82) is 0 Å². The van der Waals surface area contributed by atoms with Gasteiger partial charge in [0.1, 0.15) is 11.3 Å². The van der Waals surface area contributed by atoms with Gasteiger partial charge in [0.15, 0.2) is 18.1 Å². The highest BCUT2D eigenvalue weighted by molar-refractivity contribution is 6.05. The molecule has 0 aliphatic heterocycles. The van der Waals surface area contributed by atoms with Gasteiger partial charge in [0, 0.05) is 34.5 Å². The Labute approximate surface area is 206 Å². The van der Waals surface area contributed by atoms with Crippen LogP contribution in [0.2, 0.25) is 0 Å². The van der Waals surface area contributed by atoms with Gasteiger partial charge in [-0.1, -0.05) is 0 Å². The summed E-state index contributed by atoms with van der Waals surface area (Å²) in [6.07, 6.45) is 0. The summed E-state index contributed by atoms with van der Waals surface area (Å²) < 4.78 is 21.3. The molecule has 0 aliphatic rings. The van der Waals surface area contributed by atoms with Crippen molar-refractivity contribution in [2.75, 3.05) is 31.5 Å². The molecule has 1 heterocycles. The molecule has 0 saturated carbocycles. The minimum Gasteiger partial charge on any atom is -0.497 e. The highest BCUT2D eigenvalue weighted by Gasteiger charge is 2.14. The fourth-order valence-corrected chi connectivity index (χ4v) is 3.55. The predicted molar refractivity (Wildman–Crippen MR) is 135 cm³/mol. The highest BCUT2D eigenvalue weighted by atomic mass is 16.5. The molecule has 4 rings (SSSR count). The van der Waals surface area contributed by atoms with E-state index in [0.29, 0.717) is 39.8 Å². The summed E-state index contributed by atoms with van der Waals surface area (Å²) in [4.78, 5) is 36.7. The summed E-state index contributed by atoms with van der Waals surface area (Å²) >= 11 is 0. The van der Waals surface area contributed by atoms with Gasteiger partial charge in [-0.2, -0.15) is 0 Å². The largest absolute Gasteiger partial charge is 0.497 e. The van der Waals surface area contributed by atoms with E-state index in [1.807, 2.05) is 6.92 Å². The molecule has 9 heteroatoms. The maximum Gasteiger partial charge on any atom is 0.336 e. The number of ether oxygens (including phenoxy) is 3. The van der Waals surface area contributed by atoms with Crippen LogP contribution in [-0.2, 0) is 4.79 Å². The molecule has 0 aliphatic carbocycles. The molecule has 36 heavy (non-hydrogen) atoms. The smallest absolute Gasteiger partial charge is 0.336 e. The van der Waals surface area contributed by atoms with E-state index in [4.69, 9.17) is 18.6 Å². The van der Waals surface area contributed by atoms with Crippen LogP contribution in [0.25, 0.3) is 11.0 Å². The molecule has 4 aromatic rings. The van der Waals surface area contributed by atoms with Crippen molar-refractivity contribution in [3.63, 3.8) is 0 Å². The molecule has 3 aromatic carbocycles. The summed E-state index contributed by atoms with van der Waals surface area (Å²) in [5, 5.41) is 6.29. The Balaban J connectivity index is 1.41. The maximum absolute atomic E-state index is 12.8. The molecule has 0 bridgehead atoms. The Morgan fingerprint density at radius 2 is 1.58 bits per heavy atom. The van der Waals surface area contributed by atoms with Gasteiger partial charge in [0.25, 0.3) is 11.8 Å². The second-order valence-electron chi connectivity index (χ2n) is 7.84. The van der Waals surface area contributed by atoms with Crippen molar-refractivity contribution in [2.24, 2.45) is 0 Å². The van der Waals surface area contributed by atoms with Crippen LogP contribution < -0.4 is 30.5 Å². The normalized spacial score (nSPS) is 10.5. The van der Waals surface area contributed by atoms with Gasteiger partial charge in [-0.3, -0.25) is 9.59 Å². The van der Waals surface area contributed by atoms with E-state index < -0.39 is 11.5 Å². The van der Waals surface area contributed by atoms with Crippen LogP contribution >= 0.6 is 0 Å². The molecular formula is C27H24N2O7. The average Bonchev–Trinajstić information content (AvgIpc) is 2.87. The van der Waals surface area contributed by atoms with E-state index in [1.54, 1.807) is 61.7 Å². The highest BCUT2D eigenvalue weighted by Crippen LogP contribution is 2.29. The number of aryl methyl sites for hydroxylation is 1. The second-order valence-corrected chi connectivity index (χ2v) is 7.84. The second kappa shape index (κ2) is 10.6. The maximum atomic E-state index is 12.8. The number of benzene rings is 3. The molecule has 2 amide bonds. The third-order valence-corrected chi connectivity index (χ3v) is 5.37. The standard InChI is InChI=1S/C27H24N2O7/c1-16-12-26(31)36-23-14-19(7-10-21(16)23)29-27(32)17-4-11-22(24(13-17)34-3)35-15-25(30)28-18-5-8-20(33-2)9-6-18/h4-14H,15H2,1-3H3,(H,28,30)(H,29,32). The first-order valence-corrected chi connectivity index (χ1v) is 11.0. The first kappa shape index (κ1) is 24.3. The van der Waals surface area contributed by atoms with Crippen LogP contribution in [0.5, 0.6) is 17.2 Å². The SMILES string of the molecule is COc1ccc(NC(=O)COc2ccc(C(=O)Nc3ccc4c(C)cc(=O)oc4c3)cc2OC)cc1. The Morgan fingerprint density at radius 3 is 2.31 bits per heavy atom. The van der Waals surface area contributed by atoms with Crippen LogP contribution in [0.1, 0.15) is 15.9 Å². The summed E-state index contributed by atoms with van der Waals surface area (Å²) in [7, 11) is 3.00. The summed E-state index contributed by atoms with van der Waals surface area (Å²) in [5.41, 5.74) is 2.10. The Morgan fingerprint density at radius 1 is 0.833 bits per heavy atom. The number of amides is 2.